The molecule has 0 aliphatic carbocycles. The van der Waals surface area contributed by atoms with E-state index in [4.69, 9.17) is 4.42 Å². The SMILES string of the molecule is Cc1ccc(C(=O)NCC(=O)NC(C)CCc2ccco2)cc1. The minimum absolute atomic E-state index is 0.0175. The monoisotopic (exact) mass is 314 g/mol. The molecular weight excluding hydrogens is 292 g/mol. The Labute approximate surface area is 136 Å². The molecule has 1 heterocycles. The van der Waals surface area contributed by atoms with Crippen molar-refractivity contribution in [2.24, 2.45) is 0 Å². The van der Waals surface area contributed by atoms with Gasteiger partial charge in [0.1, 0.15) is 5.76 Å². The van der Waals surface area contributed by atoms with Crippen molar-refractivity contribution in [3.8, 4) is 0 Å². The lowest BCUT2D eigenvalue weighted by molar-refractivity contribution is -0.120. The predicted octanol–water partition coefficient (Wildman–Crippen LogP) is 2.46. The van der Waals surface area contributed by atoms with Crippen LogP contribution in [-0.2, 0) is 11.2 Å². The number of nitrogens with one attached hydrogen (secondary N) is 2. The first kappa shape index (κ1) is 16.8. The highest BCUT2D eigenvalue weighted by atomic mass is 16.3. The minimum atomic E-state index is -0.247. The van der Waals surface area contributed by atoms with Crippen molar-refractivity contribution in [3.05, 3.63) is 59.5 Å². The van der Waals surface area contributed by atoms with Gasteiger partial charge in [-0.1, -0.05) is 17.7 Å². The topological polar surface area (TPSA) is 71.3 Å². The van der Waals surface area contributed by atoms with Gasteiger partial charge in [0.25, 0.3) is 5.91 Å². The van der Waals surface area contributed by atoms with Crippen molar-refractivity contribution in [3.63, 3.8) is 0 Å². The van der Waals surface area contributed by atoms with Crippen LogP contribution in [0.15, 0.2) is 47.1 Å². The maximum Gasteiger partial charge on any atom is 0.251 e. The van der Waals surface area contributed by atoms with Gasteiger partial charge >= 0.3 is 0 Å². The average Bonchev–Trinajstić information content (AvgIpc) is 3.05. The molecule has 2 N–H and O–H groups in total. The molecule has 0 saturated heterocycles. The molecule has 1 aromatic carbocycles. The standard InChI is InChI=1S/C18H22N2O3/c1-13-5-8-15(9-6-13)18(22)19-12-17(21)20-14(2)7-10-16-4-3-11-23-16/h3-6,8-9,11,14H,7,10,12H2,1-2H3,(H,19,22)(H,20,21). The van der Waals surface area contributed by atoms with Crippen molar-refractivity contribution in [2.75, 3.05) is 6.54 Å². The maximum atomic E-state index is 11.9. The molecule has 1 aromatic heterocycles. The minimum Gasteiger partial charge on any atom is -0.469 e. The average molecular weight is 314 g/mol. The summed E-state index contributed by atoms with van der Waals surface area (Å²) in [6, 6.07) is 11.0. The van der Waals surface area contributed by atoms with Crippen LogP contribution in [0.2, 0.25) is 0 Å². The molecule has 0 saturated carbocycles. The summed E-state index contributed by atoms with van der Waals surface area (Å²) in [6.07, 6.45) is 3.19. The zero-order valence-corrected chi connectivity index (χ0v) is 13.5. The van der Waals surface area contributed by atoms with Gasteiger partial charge in [-0.15, -0.1) is 0 Å². The number of carbonyl (C=O) groups is 2. The largest absolute Gasteiger partial charge is 0.469 e. The number of aryl methyl sites for hydroxylation is 2. The number of benzene rings is 1. The fourth-order valence-corrected chi connectivity index (χ4v) is 2.18. The van der Waals surface area contributed by atoms with Crippen molar-refractivity contribution in [1.82, 2.24) is 10.6 Å². The van der Waals surface area contributed by atoms with Gasteiger partial charge in [-0.2, -0.15) is 0 Å². The molecule has 5 heteroatoms. The Morgan fingerprint density at radius 3 is 2.57 bits per heavy atom. The maximum absolute atomic E-state index is 11.9. The van der Waals surface area contributed by atoms with E-state index in [-0.39, 0.29) is 24.4 Å². The van der Waals surface area contributed by atoms with E-state index in [9.17, 15) is 9.59 Å². The molecule has 2 amide bonds. The number of hydrogen-bond acceptors (Lipinski definition) is 3. The first-order chi connectivity index (χ1) is 11.0. The van der Waals surface area contributed by atoms with Crippen LogP contribution in [0.25, 0.3) is 0 Å². The molecule has 2 aromatic rings. The first-order valence-electron chi connectivity index (χ1n) is 7.71. The van der Waals surface area contributed by atoms with Crippen LogP contribution < -0.4 is 10.6 Å². The number of rotatable bonds is 7. The second-order valence-corrected chi connectivity index (χ2v) is 5.64. The van der Waals surface area contributed by atoms with Crippen molar-refractivity contribution in [2.45, 2.75) is 32.7 Å². The van der Waals surface area contributed by atoms with Crippen LogP contribution in [0.3, 0.4) is 0 Å². The van der Waals surface area contributed by atoms with E-state index in [1.807, 2.05) is 38.1 Å². The van der Waals surface area contributed by atoms with E-state index in [1.54, 1.807) is 18.4 Å². The third kappa shape index (κ3) is 5.62. The van der Waals surface area contributed by atoms with E-state index in [0.717, 1.165) is 24.2 Å². The Hall–Kier alpha value is -2.56. The summed E-state index contributed by atoms with van der Waals surface area (Å²) >= 11 is 0. The third-order valence-electron chi connectivity index (χ3n) is 3.53. The van der Waals surface area contributed by atoms with Crippen molar-refractivity contribution in [1.29, 1.82) is 0 Å². The lowest BCUT2D eigenvalue weighted by atomic mass is 10.1. The smallest absolute Gasteiger partial charge is 0.251 e. The highest BCUT2D eigenvalue weighted by Crippen LogP contribution is 2.05. The van der Waals surface area contributed by atoms with Crippen LogP contribution in [-0.4, -0.2) is 24.4 Å². The lowest BCUT2D eigenvalue weighted by Gasteiger charge is -2.13. The highest BCUT2D eigenvalue weighted by Gasteiger charge is 2.11. The predicted molar refractivity (Wildman–Crippen MR) is 88.1 cm³/mol. The highest BCUT2D eigenvalue weighted by molar-refractivity contribution is 5.96. The molecule has 122 valence electrons. The summed E-state index contributed by atoms with van der Waals surface area (Å²) in [4.78, 5) is 23.8. The summed E-state index contributed by atoms with van der Waals surface area (Å²) in [5.41, 5.74) is 1.64. The van der Waals surface area contributed by atoms with Crippen LogP contribution in [0.1, 0.15) is 35.0 Å². The van der Waals surface area contributed by atoms with Gasteiger partial charge in [0.2, 0.25) is 5.91 Å². The zero-order valence-electron chi connectivity index (χ0n) is 13.5. The van der Waals surface area contributed by atoms with Gasteiger partial charge < -0.3 is 15.1 Å². The van der Waals surface area contributed by atoms with Crippen molar-refractivity contribution >= 4 is 11.8 Å². The van der Waals surface area contributed by atoms with E-state index < -0.39 is 0 Å². The summed E-state index contributed by atoms with van der Waals surface area (Å²) < 4.78 is 5.26. The van der Waals surface area contributed by atoms with Gasteiger partial charge in [-0.3, -0.25) is 9.59 Å². The van der Waals surface area contributed by atoms with E-state index in [1.165, 1.54) is 0 Å². The number of furan rings is 1. The molecule has 0 spiro atoms. The molecule has 5 nitrogen and oxygen atoms in total. The normalized spacial score (nSPS) is 11.7. The summed E-state index contributed by atoms with van der Waals surface area (Å²) in [6.45, 7) is 3.86. The molecule has 23 heavy (non-hydrogen) atoms. The molecular formula is C18H22N2O3. The van der Waals surface area contributed by atoms with Gasteiger partial charge in [0.15, 0.2) is 0 Å². The molecule has 1 unspecified atom stereocenters. The van der Waals surface area contributed by atoms with E-state index in [2.05, 4.69) is 10.6 Å². The second kappa shape index (κ2) is 8.17. The Bertz CT molecular complexity index is 633. The van der Waals surface area contributed by atoms with Gasteiger partial charge in [0.05, 0.1) is 12.8 Å². The lowest BCUT2D eigenvalue weighted by Crippen LogP contribution is -2.41. The molecule has 0 bridgehead atoms. The molecule has 0 radical (unpaired) electrons. The molecule has 0 fully saturated rings. The number of hydrogen-bond donors (Lipinski definition) is 2. The van der Waals surface area contributed by atoms with Gasteiger partial charge in [0, 0.05) is 18.0 Å². The molecule has 0 aliphatic heterocycles. The molecule has 2 rings (SSSR count). The van der Waals surface area contributed by atoms with Gasteiger partial charge in [-0.25, -0.2) is 0 Å². The summed E-state index contributed by atoms with van der Waals surface area (Å²) in [5.74, 6) is 0.458. The van der Waals surface area contributed by atoms with Crippen LogP contribution in [0.4, 0.5) is 0 Å². The van der Waals surface area contributed by atoms with Gasteiger partial charge in [-0.05, 0) is 44.5 Å². The second-order valence-electron chi connectivity index (χ2n) is 5.64. The molecule has 0 aliphatic rings. The first-order valence-corrected chi connectivity index (χ1v) is 7.71. The fourth-order valence-electron chi connectivity index (χ4n) is 2.18. The summed E-state index contributed by atoms with van der Waals surface area (Å²) in [5, 5.41) is 5.49. The van der Waals surface area contributed by atoms with Crippen LogP contribution >= 0.6 is 0 Å². The Kier molecular flexibility index (Phi) is 5.97. The Morgan fingerprint density at radius 1 is 1.17 bits per heavy atom. The van der Waals surface area contributed by atoms with E-state index >= 15 is 0 Å². The molecule has 1 atom stereocenters. The number of amides is 2. The quantitative estimate of drug-likeness (QED) is 0.824. The number of carbonyl (C=O) groups excluding carboxylic acids is 2. The van der Waals surface area contributed by atoms with Crippen LogP contribution in [0.5, 0.6) is 0 Å². The zero-order chi connectivity index (χ0) is 16.7. The van der Waals surface area contributed by atoms with Crippen molar-refractivity contribution < 1.29 is 14.0 Å². The van der Waals surface area contributed by atoms with E-state index in [0.29, 0.717) is 5.56 Å². The summed E-state index contributed by atoms with van der Waals surface area (Å²) in [7, 11) is 0. The Morgan fingerprint density at radius 2 is 1.91 bits per heavy atom. The Balaban J connectivity index is 1.69. The van der Waals surface area contributed by atoms with Crippen LogP contribution in [0, 0.1) is 6.92 Å². The third-order valence-corrected chi connectivity index (χ3v) is 3.53. The fraction of sp³-hybridized carbons (Fsp3) is 0.333.